The predicted molar refractivity (Wildman–Crippen MR) is 73.2 cm³/mol. The smallest absolute Gasteiger partial charge is 0.0394 e. The van der Waals surface area contributed by atoms with Crippen molar-refractivity contribution in [1.82, 2.24) is 0 Å². The molecule has 0 radical (unpaired) electrons. The molecule has 17 heavy (non-hydrogen) atoms. The standard InChI is InChI=1S/C16H13N/c1-2-8-14(13-9-4-3-5-10-13)15-11-6-7-12-16(15)17/h1,3-12H,17H2/b14-8+. The zero-order valence-electron chi connectivity index (χ0n) is 9.43. The van der Waals surface area contributed by atoms with Gasteiger partial charge in [0.2, 0.25) is 0 Å². The van der Waals surface area contributed by atoms with Crippen LogP contribution in [-0.4, -0.2) is 0 Å². The van der Waals surface area contributed by atoms with E-state index in [0.717, 1.165) is 22.4 Å². The second-order valence-corrected chi connectivity index (χ2v) is 3.68. The van der Waals surface area contributed by atoms with Gasteiger partial charge in [0, 0.05) is 11.3 Å². The Kier molecular flexibility index (Phi) is 3.28. The molecule has 0 amide bonds. The number of benzene rings is 2. The highest BCUT2D eigenvalue weighted by molar-refractivity contribution is 5.86. The number of hydrogen-bond acceptors (Lipinski definition) is 1. The summed E-state index contributed by atoms with van der Waals surface area (Å²) in [6.07, 6.45) is 7.14. The molecule has 0 aliphatic carbocycles. The molecule has 0 unspecified atom stereocenters. The third-order valence-corrected chi connectivity index (χ3v) is 2.56. The van der Waals surface area contributed by atoms with Crippen molar-refractivity contribution in [2.75, 3.05) is 5.73 Å². The van der Waals surface area contributed by atoms with Crippen molar-refractivity contribution in [2.24, 2.45) is 0 Å². The summed E-state index contributed by atoms with van der Waals surface area (Å²) in [5.74, 6) is 2.57. The highest BCUT2D eigenvalue weighted by Crippen LogP contribution is 2.27. The quantitative estimate of drug-likeness (QED) is 0.608. The average molecular weight is 219 g/mol. The summed E-state index contributed by atoms with van der Waals surface area (Å²) in [5, 5.41) is 0. The van der Waals surface area contributed by atoms with Crippen LogP contribution in [0.3, 0.4) is 0 Å². The van der Waals surface area contributed by atoms with Gasteiger partial charge in [0.05, 0.1) is 0 Å². The van der Waals surface area contributed by atoms with E-state index in [9.17, 15) is 0 Å². The lowest BCUT2D eigenvalue weighted by Crippen LogP contribution is -1.94. The molecule has 2 rings (SSSR count). The van der Waals surface area contributed by atoms with Crippen molar-refractivity contribution in [3.63, 3.8) is 0 Å². The van der Waals surface area contributed by atoms with Crippen molar-refractivity contribution in [2.45, 2.75) is 0 Å². The lowest BCUT2D eigenvalue weighted by molar-refractivity contribution is 1.54. The van der Waals surface area contributed by atoms with Gasteiger partial charge in [-0.05, 0) is 23.3 Å². The number of allylic oxidation sites excluding steroid dienone is 1. The summed E-state index contributed by atoms with van der Waals surface area (Å²) in [5.41, 5.74) is 9.73. The topological polar surface area (TPSA) is 26.0 Å². The normalized spacial score (nSPS) is 10.9. The van der Waals surface area contributed by atoms with Gasteiger partial charge in [-0.15, -0.1) is 6.42 Å². The van der Waals surface area contributed by atoms with Crippen molar-refractivity contribution in [3.05, 3.63) is 71.8 Å². The van der Waals surface area contributed by atoms with Crippen LogP contribution in [0.2, 0.25) is 0 Å². The van der Waals surface area contributed by atoms with E-state index in [4.69, 9.17) is 12.2 Å². The fourth-order valence-electron chi connectivity index (χ4n) is 1.76. The molecular formula is C16H13N. The zero-order chi connectivity index (χ0) is 12.1. The summed E-state index contributed by atoms with van der Waals surface area (Å²) in [7, 11) is 0. The Morgan fingerprint density at radius 3 is 2.29 bits per heavy atom. The van der Waals surface area contributed by atoms with Gasteiger partial charge in [-0.1, -0.05) is 54.5 Å². The molecule has 0 heterocycles. The van der Waals surface area contributed by atoms with E-state index >= 15 is 0 Å². The Labute approximate surface area is 102 Å². The van der Waals surface area contributed by atoms with Crippen LogP contribution in [0.25, 0.3) is 5.57 Å². The highest BCUT2D eigenvalue weighted by atomic mass is 14.6. The molecule has 0 aromatic heterocycles. The van der Waals surface area contributed by atoms with E-state index in [1.54, 1.807) is 6.08 Å². The molecule has 2 aromatic carbocycles. The maximum Gasteiger partial charge on any atom is 0.0394 e. The molecule has 2 aromatic rings. The van der Waals surface area contributed by atoms with Crippen molar-refractivity contribution in [1.29, 1.82) is 0 Å². The van der Waals surface area contributed by atoms with Gasteiger partial charge in [-0.3, -0.25) is 0 Å². The van der Waals surface area contributed by atoms with Gasteiger partial charge in [0.1, 0.15) is 0 Å². The summed E-state index contributed by atoms with van der Waals surface area (Å²) in [6, 6.07) is 17.7. The van der Waals surface area contributed by atoms with Gasteiger partial charge in [0.25, 0.3) is 0 Å². The number of rotatable bonds is 2. The minimum absolute atomic E-state index is 0.734. The van der Waals surface area contributed by atoms with Crippen LogP contribution in [0, 0.1) is 12.3 Å². The Hall–Kier alpha value is -2.46. The van der Waals surface area contributed by atoms with E-state index in [-0.39, 0.29) is 0 Å². The van der Waals surface area contributed by atoms with Crippen LogP contribution in [0.5, 0.6) is 0 Å². The van der Waals surface area contributed by atoms with E-state index in [1.165, 1.54) is 0 Å². The van der Waals surface area contributed by atoms with E-state index in [2.05, 4.69) is 5.92 Å². The zero-order valence-corrected chi connectivity index (χ0v) is 9.43. The molecule has 0 aliphatic rings. The lowest BCUT2D eigenvalue weighted by Gasteiger charge is -2.09. The number of anilines is 1. The Bertz CT molecular complexity index is 574. The second-order valence-electron chi connectivity index (χ2n) is 3.68. The summed E-state index contributed by atoms with van der Waals surface area (Å²) >= 11 is 0. The van der Waals surface area contributed by atoms with Crippen LogP contribution < -0.4 is 5.73 Å². The third-order valence-electron chi connectivity index (χ3n) is 2.56. The molecule has 0 saturated heterocycles. The largest absolute Gasteiger partial charge is 0.398 e. The molecule has 0 fully saturated rings. The lowest BCUT2D eigenvalue weighted by atomic mass is 9.96. The minimum Gasteiger partial charge on any atom is -0.398 e. The van der Waals surface area contributed by atoms with Crippen LogP contribution in [0.4, 0.5) is 5.69 Å². The van der Waals surface area contributed by atoms with Crippen LogP contribution in [0.15, 0.2) is 60.7 Å². The first-order valence-electron chi connectivity index (χ1n) is 5.39. The Morgan fingerprint density at radius 1 is 1.00 bits per heavy atom. The van der Waals surface area contributed by atoms with Gasteiger partial charge in [-0.2, -0.15) is 0 Å². The third kappa shape index (κ3) is 2.38. The number of para-hydroxylation sites is 1. The SMILES string of the molecule is C#C/C=C(\c1ccccc1)c1ccccc1N. The Balaban J connectivity index is 2.57. The van der Waals surface area contributed by atoms with Crippen molar-refractivity contribution < 1.29 is 0 Å². The number of nitrogens with two attached hydrogens (primary N) is 1. The van der Waals surface area contributed by atoms with Crippen LogP contribution in [-0.2, 0) is 0 Å². The fourth-order valence-corrected chi connectivity index (χ4v) is 1.76. The van der Waals surface area contributed by atoms with Crippen molar-refractivity contribution >= 4 is 11.3 Å². The average Bonchev–Trinajstić information content (AvgIpc) is 2.38. The van der Waals surface area contributed by atoms with Gasteiger partial charge in [-0.25, -0.2) is 0 Å². The van der Waals surface area contributed by atoms with Crippen molar-refractivity contribution in [3.8, 4) is 12.3 Å². The summed E-state index contributed by atoms with van der Waals surface area (Å²) < 4.78 is 0. The minimum atomic E-state index is 0.734. The number of nitrogen functional groups attached to an aromatic ring is 1. The predicted octanol–water partition coefficient (Wildman–Crippen LogP) is 3.33. The van der Waals surface area contributed by atoms with Gasteiger partial charge >= 0.3 is 0 Å². The maximum absolute atomic E-state index is 5.98. The molecule has 0 aliphatic heterocycles. The molecule has 1 nitrogen and oxygen atoms in total. The van der Waals surface area contributed by atoms with E-state index in [0.29, 0.717) is 0 Å². The molecule has 0 atom stereocenters. The van der Waals surface area contributed by atoms with E-state index in [1.807, 2.05) is 54.6 Å². The maximum atomic E-state index is 5.98. The molecule has 0 saturated carbocycles. The molecule has 0 spiro atoms. The van der Waals surface area contributed by atoms with Gasteiger partial charge in [0.15, 0.2) is 0 Å². The number of hydrogen-bond donors (Lipinski definition) is 1. The molecule has 82 valence electrons. The van der Waals surface area contributed by atoms with E-state index < -0.39 is 0 Å². The first kappa shape index (κ1) is 11.0. The number of terminal acetylenes is 1. The fraction of sp³-hybridized carbons (Fsp3) is 0. The second kappa shape index (κ2) is 5.05. The highest BCUT2D eigenvalue weighted by Gasteiger charge is 2.06. The Morgan fingerprint density at radius 2 is 1.65 bits per heavy atom. The van der Waals surface area contributed by atoms with Crippen LogP contribution in [0.1, 0.15) is 11.1 Å². The van der Waals surface area contributed by atoms with Crippen LogP contribution >= 0.6 is 0 Å². The molecule has 1 heteroatoms. The molecular weight excluding hydrogens is 206 g/mol. The summed E-state index contributed by atoms with van der Waals surface area (Å²) in [6.45, 7) is 0. The summed E-state index contributed by atoms with van der Waals surface area (Å²) in [4.78, 5) is 0. The molecule has 0 bridgehead atoms. The molecule has 2 N–H and O–H groups in total. The van der Waals surface area contributed by atoms with Gasteiger partial charge < -0.3 is 5.73 Å². The first-order chi connectivity index (χ1) is 8.33. The first-order valence-corrected chi connectivity index (χ1v) is 5.39. The monoisotopic (exact) mass is 219 g/mol.